The Morgan fingerprint density at radius 3 is 2.23 bits per heavy atom. The molecule has 0 heterocycles. The first kappa shape index (κ1) is 13.4. The first-order valence-electron chi connectivity index (χ1n) is 4.37. The lowest BCUT2D eigenvalue weighted by atomic mass is 10.0. The summed E-state index contributed by atoms with van der Waals surface area (Å²) in [5.74, 6) is 0.191. The van der Waals surface area contributed by atoms with Crippen molar-refractivity contribution >= 4 is 26.0 Å². The van der Waals surface area contributed by atoms with Crippen molar-refractivity contribution in [3.8, 4) is 0 Å². The fourth-order valence-electron chi connectivity index (χ4n) is 0.802. The van der Waals surface area contributed by atoms with Crippen molar-refractivity contribution in [2.75, 3.05) is 5.75 Å². The largest absolute Gasteiger partial charge is 0.212 e. The molecule has 0 radical (unpaired) electrons. The Morgan fingerprint density at radius 2 is 1.92 bits per heavy atom. The van der Waals surface area contributed by atoms with E-state index in [1.54, 1.807) is 0 Å². The van der Waals surface area contributed by atoms with E-state index in [1.807, 2.05) is 27.7 Å². The van der Waals surface area contributed by atoms with Gasteiger partial charge in [0.15, 0.2) is 0 Å². The van der Waals surface area contributed by atoms with Crippen LogP contribution in [0.5, 0.6) is 0 Å². The molecule has 0 aliphatic carbocycles. The van der Waals surface area contributed by atoms with E-state index in [1.165, 1.54) is 0 Å². The van der Waals surface area contributed by atoms with Crippen LogP contribution in [0.4, 0.5) is 0 Å². The molecule has 0 aliphatic heterocycles. The van der Waals surface area contributed by atoms with Gasteiger partial charge in [-0.05, 0) is 20.3 Å². The number of alkyl halides is 1. The molecule has 0 aromatic rings. The van der Waals surface area contributed by atoms with Gasteiger partial charge < -0.3 is 0 Å². The van der Waals surface area contributed by atoms with Gasteiger partial charge in [-0.25, -0.2) is 13.1 Å². The molecule has 0 saturated heterocycles. The second kappa shape index (κ2) is 4.75. The summed E-state index contributed by atoms with van der Waals surface area (Å²) in [5.41, 5.74) is -0.437. The van der Waals surface area contributed by atoms with Crippen molar-refractivity contribution in [1.82, 2.24) is 4.72 Å². The highest BCUT2D eigenvalue weighted by Crippen LogP contribution is 2.17. The minimum Gasteiger partial charge on any atom is -0.212 e. The van der Waals surface area contributed by atoms with Crippen molar-refractivity contribution in [1.29, 1.82) is 0 Å². The maximum atomic E-state index is 11.4. The van der Waals surface area contributed by atoms with Crippen LogP contribution >= 0.6 is 15.9 Å². The van der Waals surface area contributed by atoms with Crippen molar-refractivity contribution < 1.29 is 8.42 Å². The second-order valence-corrected chi connectivity index (χ2v) is 6.97. The maximum Gasteiger partial charge on any atom is 0.212 e. The Morgan fingerprint density at radius 1 is 1.46 bits per heavy atom. The summed E-state index contributed by atoms with van der Waals surface area (Å²) in [7, 11) is -3.11. The van der Waals surface area contributed by atoms with E-state index in [9.17, 15) is 8.42 Å². The monoisotopic (exact) mass is 271 g/mol. The van der Waals surface area contributed by atoms with Crippen LogP contribution in [0.25, 0.3) is 0 Å². The van der Waals surface area contributed by atoms with E-state index >= 15 is 0 Å². The third-order valence-electron chi connectivity index (χ3n) is 1.89. The van der Waals surface area contributed by atoms with Gasteiger partial charge in [-0.3, -0.25) is 0 Å². The second-order valence-electron chi connectivity index (χ2n) is 3.76. The number of nitrogens with one attached hydrogen (secondary N) is 1. The number of hydrogen-bond acceptors (Lipinski definition) is 2. The third kappa shape index (κ3) is 4.98. The molecule has 3 nitrogen and oxygen atoms in total. The normalized spacial score (nSPS) is 15.8. The molecule has 0 saturated carbocycles. The Bertz CT molecular complexity index is 247. The summed E-state index contributed by atoms with van der Waals surface area (Å²) in [6, 6.07) is 0. The lowest BCUT2D eigenvalue weighted by molar-refractivity contribution is 0.453. The van der Waals surface area contributed by atoms with Gasteiger partial charge in [-0.2, -0.15) is 0 Å². The smallest absolute Gasteiger partial charge is 0.212 e. The maximum absolute atomic E-state index is 11.4. The summed E-state index contributed by atoms with van der Waals surface area (Å²) in [6.45, 7) is 7.50. The van der Waals surface area contributed by atoms with Crippen molar-refractivity contribution in [3.63, 3.8) is 0 Å². The average molecular weight is 272 g/mol. The Hall–Kier alpha value is 0.390. The van der Waals surface area contributed by atoms with Crippen LogP contribution in [0.15, 0.2) is 0 Å². The van der Waals surface area contributed by atoms with Crippen LogP contribution in [0.1, 0.15) is 34.1 Å². The van der Waals surface area contributed by atoms with Crippen LogP contribution in [-0.2, 0) is 10.0 Å². The molecule has 0 aromatic carbocycles. The molecule has 1 N–H and O–H groups in total. The number of rotatable bonds is 5. The van der Waals surface area contributed by atoms with Gasteiger partial charge >= 0.3 is 0 Å². The molecule has 80 valence electrons. The van der Waals surface area contributed by atoms with Gasteiger partial charge in [0.1, 0.15) is 0 Å². The molecule has 0 amide bonds. The molecule has 1 atom stereocenters. The predicted octanol–water partition coefficient (Wildman–Crippen LogP) is 1.88. The average Bonchev–Trinajstić information content (AvgIpc) is 1.83. The van der Waals surface area contributed by atoms with Gasteiger partial charge in [0.2, 0.25) is 10.0 Å². The predicted molar refractivity (Wildman–Crippen MR) is 59.7 cm³/mol. The van der Waals surface area contributed by atoms with E-state index in [0.29, 0.717) is 6.42 Å². The minimum absolute atomic E-state index is 0.103. The molecule has 0 bridgehead atoms. The van der Waals surface area contributed by atoms with E-state index in [4.69, 9.17) is 0 Å². The summed E-state index contributed by atoms with van der Waals surface area (Å²) in [4.78, 5) is 0.103. The fraction of sp³-hybridized carbons (Fsp3) is 1.00. The van der Waals surface area contributed by atoms with E-state index in [-0.39, 0.29) is 10.6 Å². The van der Waals surface area contributed by atoms with Gasteiger partial charge in [-0.1, -0.05) is 29.8 Å². The van der Waals surface area contributed by atoms with E-state index in [0.717, 1.165) is 0 Å². The molecule has 0 aliphatic rings. The molecule has 0 aromatic heterocycles. The molecule has 5 heteroatoms. The highest BCUT2D eigenvalue weighted by molar-refractivity contribution is 9.09. The fourth-order valence-corrected chi connectivity index (χ4v) is 2.69. The van der Waals surface area contributed by atoms with Gasteiger partial charge in [0.05, 0.1) is 5.75 Å². The first-order valence-corrected chi connectivity index (χ1v) is 6.94. The van der Waals surface area contributed by atoms with Crippen molar-refractivity contribution in [2.45, 2.75) is 44.5 Å². The molecule has 1 unspecified atom stereocenters. The Labute approximate surface area is 89.5 Å². The van der Waals surface area contributed by atoms with Crippen LogP contribution in [0.2, 0.25) is 0 Å². The van der Waals surface area contributed by atoms with Crippen LogP contribution in [-0.4, -0.2) is 24.5 Å². The molecular weight excluding hydrogens is 254 g/mol. The number of hydrogen-bond donors (Lipinski definition) is 1. The highest BCUT2D eigenvalue weighted by Gasteiger charge is 2.28. The number of sulfonamides is 1. The zero-order valence-electron chi connectivity index (χ0n) is 8.59. The van der Waals surface area contributed by atoms with Crippen molar-refractivity contribution in [2.24, 2.45) is 0 Å². The topological polar surface area (TPSA) is 46.2 Å². The quantitative estimate of drug-likeness (QED) is 0.777. The third-order valence-corrected chi connectivity index (χ3v) is 4.81. The molecule has 0 rings (SSSR count). The zero-order valence-corrected chi connectivity index (χ0v) is 11.0. The van der Waals surface area contributed by atoms with E-state index in [2.05, 4.69) is 20.7 Å². The molecular formula is C8H18BrNO2S. The van der Waals surface area contributed by atoms with Crippen LogP contribution in [0.3, 0.4) is 0 Å². The van der Waals surface area contributed by atoms with Crippen LogP contribution in [0, 0.1) is 0 Å². The summed E-state index contributed by atoms with van der Waals surface area (Å²) in [6.07, 6.45) is 0.641. The van der Waals surface area contributed by atoms with Crippen LogP contribution < -0.4 is 4.72 Å². The lowest BCUT2D eigenvalue weighted by Gasteiger charge is -2.28. The molecule has 13 heavy (non-hydrogen) atoms. The zero-order chi connectivity index (χ0) is 10.7. The molecule has 0 spiro atoms. The summed E-state index contributed by atoms with van der Waals surface area (Å²) < 4.78 is 25.5. The Balaban J connectivity index is 4.43. The molecule has 0 fully saturated rings. The highest BCUT2D eigenvalue weighted by atomic mass is 79.9. The Kier molecular flexibility index (Phi) is 4.90. The lowest BCUT2D eigenvalue weighted by Crippen LogP contribution is -2.49. The van der Waals surface area contributed by atoms with Gasteiger partial charge in [0.25, 0.3) is 0 Å². The SMILES string of the molecule is CCCS(=O)(=O)NC(C)(C)C(C)Br. The summed E-state index contributed by atoms with van der Waals surface area (Å²) in [5, 5.41) is 0. The standard InChI is InChI=1S/C8H18BrNO2S/c1-5-6-13(11,12)10-8(3,4)7(2)9/h7,10H,5-6H2,1-4H3. The minimum atomic E-state index is -3.11. The van der Waals surface area contributed by atoms with E-state index < -0.39 is 15.6 Å². The summed E-state index contributed by atoms with van der Waals surface area (Å²) >= 11 is 3.37. The van der Waals surface area contributed by atoms with Gasteiger partial charge in [-0.15, -0.1) is 0 Å². The van der Waals surface area contributed by atoms with Crippen molar-refractivity contribution in [3.05, 3.63) is 0 Å². The number of halogens is 1. The van der Waals surface area contributed by atoms with Gasteiger partial charge in [0, 0.05) is 10.4 Å². The first-order chi connectivity index (χ1) is 5.71.